The van der Waals surface area contributed by atoms with Gasteiger partial charge in [-0.25, -0.2) is 0 Å². The monoisotopic (exact) mass is 353 g/mol. The molecule has 0 saturated carbocycles. The van der Waals surface area contributed by atoms with Gasteiger partial charge in [0, 0.05) is 44.2 Å². The van der Waals surface area contributed by atoms with Gasteiger partial charge >= 0.3 is 0 Å². The number of amides is 2. The van der Waals surface area contributed by atoms with Gasteiger partial charge in [-0.2, -0.15) is 0 Å². The Morgan fingerprint density at radius 3 is 2.65 bits per heavy atom. The number of pyridine rings is 1. The average Bonchev–Trinajstić information content (AvgIpc) is 2.70. The number of unbranched alkanes of at least 4 members (excludes halogenated alkanes) is 1. The molecule has 2 aromatic rings. The number of fused-ring (bicyclic) bond motifs is 1. The number of aromatic nitrogens is 1. The predicted molar refractivity (Wildman–Crippen MR) is 103 cm³/mol. The number of rotatable bonds is 5. The zero-order chi connectivity index (χ0) is 18.5. The molecule has 1 aliphatic heterocycles. The van der Waals surface area contributed by atoms with Crippen molar-refractivity contribution >= 4 is 22.6 Å². The van der Waals surface area contributed by atoms with E-state index in [2.05, 4.69) is 11.9 Å². The van der Waals surface area contributed by atoms with E-state index in [-0.39, 0.29) is 17.7 Å². The highest BCUT2D eigenvalue weighted by Crippen LogP contribution is 2.23. The van der Waals surface area contributed by atoms with Gasteiger partial charge in [-0.15, -0.1) is 0 Å². The lowest BCUT2D eigenvalue weighted by Gasteiger charge is -2.33. The van der Waals surface area contributed by atoms with Crippen LogP contribution in [0.5, 0.6) is 0 Å². The van der Waals surface area contributed by atoms with Crippen LogP contribution in [-0.4, -0.2) is 53.3 Å². The minimum absolute atomic E-state index is 0.0291. The van der Waals surface area contributed by atoms with E-state index in [0.717, 1.165) is 43.0 Å². The Morgan fingerprint density at radius 1 is 1.19 bits per heavy atom. The lowest BCUT2D eigenvalue weighted by molar-refractivity contribution is -0.135. The number of piperidine rings is 1. The van der Waals surface area contributed by atoms with E-state index in [9.17, 15) is 9.59 Å². The first-order chi connectivity index (χ1) is 12.6. The fraction of sp³-hybridized carbons (Fsp3) is 0.476. The predicted octanol–water partition coefficient (Wildman–Crippen LogP) is 3.35. The van der Waals surface area contributed by atoms with E-state index in [1.807, 2.05) is 47.2 Å². The normalized spacial score (nSPS) is 15.2. The Bertz CT molecular complexity index is 776. The molecular weight excluding hydrogens is 326 g/mol. The van der Waals surface area contributed by atoms with Crippen molar-refractivity contribution in [2.75, 3.05) is 26.7 Å². The number of benzene rings is 1. The van der Waals surface area contributed by atoms with Crippen LogP contribution >= 0.6 is 0 Å². The second-order valence-electron chi connectivity index (χ2n) is 7.06. The summed E-state index contributed by atoms with van der Waals surface area (Å²) in [6.45, 7) is 4.17. The molecule has 0 radical (unpaired) electrons. The zero-order valence-corrected chi connectivity index (χ0v) is 15.6. The second kappa shape index (κ2) is 8.30. The highest BCUT2D eigenvalue weighted by atomic mass is 16.2. The maximum atomic E-state index is 12.9. The first-order valence-electron chi connectivity index (χ1n) is 9.49. The van der Waals surface area contributed by atoms with Crippen molar-refractivity contribution < 1.29 is 9.59 Å². The quantitative estimate of drug-likeness (QED) is 0.828. The molecule has 1 aromatic heterocycles. The molecule has 0 N–H and O–H groups in total. The van der Waals surface area contributed by atoms with Crippen LogP contribution in [0.1, 0.15) is 43.1 Å². The van der Waals surface area contributed by atoms with E-state index in [1.165, 1.54) is 0 Å². The van der Waals surface area contributed by atoms with Crippen molar-refractivity contribution in [2.45, 2.75) is 32.6 Å². The van der Waals surface area contributed by atoms with Gasteiger partial charge in [0.1, 0.15) is 5.69 Å². The number of hydrogen-bond donors (Lipinski definition) is 0. The van der Waals surface area contributed by atoms with Crippen LogP contribution in [0, 0.1) is 5.92 Å². The van der Waals surface area contributed by atoms with Crippen molar-refractivity contribution in [3.8, 4) is 0 Å². The van der Waals surface area contributed by atoms with Gasteiger partial charge in [-0.3, -0.25) is 14.6 Å². The van der Waals surface area contributed by atoms with E-state index in [4.69, 9.17) is 0 Å². The summed E-state index contributed by atoms with van der Waals surface area (Å²) in [7, 11) is 1.88. The number of likely N-dealkylation sites (tertiary alicyclic amines) is 1. The van der Waals surface area contributed by atoms with E-state index >= 15 is 0 Å². The van der Waals surface area contributed by atoms with Gasteiger partial charge < -0.3 is 9.80 Å². The van der Waals surface area contributed by atoms with Crippen LogP contribution < -0.4 is 0 Å². The summed E-state index contributed by atoms with van der Waals surface area (Å²) < 4.78 is 0. The summed E-state index contributed by atoms with van der Waals surface area (Å²) in [5.74, 6) is 0.210. The molecule has 0 atom stereocenters. The highest BCUT2D eigenvalue weighted by molar-refractivity contribution is 6.05. The van der Waals surface area contributed by atoms with Crippen LogP contribution in [0.25, 0.3) is 10.8 Å². The van der Waals surface area contributed by atoms with Crippen LogP contribution in [0.3, 0.4) is 0 Å². The van der Waals surface area contributed by atoms with Crippen molar-refractivity contribution in [1.82, 2.24) is 14.8 Å². The van der Waals surface area contributed by atoms with Crippen molar-refractivity contribution in [3.63, 3.8) is 0 Å². The van der Waals surface area contributed by atoms with Crippen LogP contribution in [0.2, 0.25) is 0 Å². The fourth-order valence-corrected chi connectivity index (χ4v) is 3.59. The third-order valence-corrected chi connectivity index (χ3v) is 5.23. The van der Waals surface area contributed by atoms with Gasteiger partial charge in [0.25, 0.3) is 5.91 Å². The first kappa shape index (κ1) is 18.4. The second-order valence-corrected chi connectivity index (χ2v) is 7.06. The van der Waals surface area contributed by atoms with Gasteiger partial charge in [0.05, 0.1) is 0 Å². The molecule has 0 spiro atoms. The molecular formula is C21H27N3O2. The molecule has 1 saturated heterocycles. The maximum absolute atomic E-state index is 12.9. The molecule has 138 valence electrons. The van der Waals surface area contributed by atoms with Crippen LogP contribution in [-0.2, 0) is 4.79 Å². The van der Waals surface area contributed by atoms with Crippen molar-refractivity contribution in [2.24, 2.45) is 5.92 Å². The zero-order valence-electron chi connectivity index (χ0n) is 15.6. The molecule has 0 unspecified atom stereocenters. The van der Waals surface area contributed by atoms with Crippen LogP contribution in [0.4, 0.5) is 0 Å². The Hall–Kier alpha value is -2.43. The number of carbonyl (C=O) groups is 2. The summed E-state index contributed by atoms with van der Waals surface area (Å²) in [6, 6.07) is 9.74. The molecule has 2 heterocycles. The van der Waals surface area contributed by atoms with Crippen molar-refractivity contribution in [1.29, 1.82) is 0 Å². The van der Waals surface area contributed by atoms with E-state index in [1.54, 1.807) is 6.20 Å². The standard InChI is InChI=1S/C21H27N3O2/c1-3-4-13-23(2)20(25)17-10-14-24(15-11-17)21(26)19-18-8-6-5-7-16(18)9-12-22-19/h5-9,12,17H,3-4,10-11,13-15H2,1-2H3. The SMILES string of the molecule is CCCCN(C)C(=O)C1CCN(C(=O)c2nccc3ccccc23)CC1. The fourth-order valence-electron chi connectivity index (χ4n) is 3.59. The highest BCUT2D eigenvalue weighted by Gasteiger charge is 2.30. The molecule has 0 aliphatic carbocycles. The van der Waals surface area contributed by atoms with Gasteiger partial charge in [-0.1, -0.05) is 37.6 Å². The molecule has 26 heavy (non-hydrogen) atoms. The number of hydrogen-bond acceptors (Lipinski definition) is 3. The molecule has 2 amide bonds. The minimum Gasteiger partial charge on any atom is -0.346 e. The van der Waals surface area contributed by atoms with Gasteiger partial charge in [0.2, 0.25) is 5.91 Å². The summed E-state index contributed by atoms with van der Waals surface area (Å²) in [5, 5.41) is 1.91. The van der Waals surface area contributed by atoms with Gasteiger partial charge in [-0.05, 0) is 30.7 Å². The topological polar surface area (TPSA) is 53.5 Å². The molecule has 3 rings (SSSR count). The average molecular weight is 353 g/mol. The molecule has 5 nitrogen and oxygen atoms in total. The lowest BCUT2D eigenvalue weighted by Crippen LogP contribution is -2.43. The molecule has 1 aromatic carbocycles. The summed E-state index contributed by atoms with van der Waals surface area (Å²) in [4.78, 5) is 33.5. The lowest BCUT2D eigenvalue weighted by atomic mass is 9.95. The Morgan fingerprint density at radius 2 is 1.92 bits per heavy atom. The summed E-state index contributed by atoms with van der Waals surface area (Å²) in [6.07, 6.45) is 5.26. The number of carbonyl (C=O) groups excluding carboxylic acids is 2. The first-order valence-corrected chi connectivity index (χ1v) is 9.49. The molecule has 1 aliphatic rings. The Balaban J connectivity index is 1.64. The smallest absolute Gasteiger partial charge is 0.273 e. The van der Waals surface area contributed by atoms with Crippen molar-refractivity contribution in [3.05, 3.63) is 42.2 Å². The molecule has 0 bridgehead atoms. The van der Waals surface area contributed by atoms with E-state index in [0.29, 0.717) is 18.8 Å². The molecule has 1 fully saturated rings. The number of nitrogens with zero attached hydrogens (tertiary/aromatic N) is 3. The Kier molecular flexibility index (Phi) is 5.86. The van der Waals surface area contributed by atoms with Crippen LogP contribution in [0.15, 0.2) is 36.5 Å². The maximum Gasteiger partial charge on any atom is 0.273 e. The molecule has 5 heteroatoms. The third kappa shape index (κ3) is 3.87. The van der Waals surface area contributed by atoms with Gasteiger partial charge in [0.15, 0.2) is 0 Å². The Labute approximate surface area is 155 Å². The summed E-state index contributed by atoms with van der Waals surface area (Å²) in [5.41, 5.74) is 0.507. The van der Waals surface area contributed by atoms with E-state index < -0.39 is 0 Å². The third-order valence-electron chi connectivity index (χ3n) is 5.23. The largest absolute Gasteiger partial charge is 0.346 e. The minimum atomic E-state index is -0.0352. The summed E-state index contributed by atoms with van der Waals surface area (Å²) >= 11 is 0.